The fourth-order valence-electron chi connectivity index (χ4n) is 4.96. The second-order valence-electron chi connectivity index (χ2n) is 9.41. The summed E-state index contributed by atoms with van der Waals surface area (Å²) < 4.78 is 11.1. The highest BCUT2D eigenvalue weighted by Gasteiger charge is 2.28. The zero-order valence-corrected chi connectivity index (χ0v) is 21.2. The van der Waals surface area contributed by atoms with E-state index in [-0.39, 0.29) is 0 Å². The molecule has 0 amide bonds. The van der Waals surface area contributed by atoms with Gasteiger partial charge in [0.25, 0.3) is 0 Å². The van der Waals surface area contributed by atoms with Crippen molar-refractivity contribution < 1.29 is 9.47 Å². The lowest BCUT2D eigenvalue weighted by atomic mass is 10.0. The second kappa shape index (κ2) is 16.9. The number of hydrogen-bond acceptors (Lipinski definition) is 3. The molecule has 1 aromatic carbocycles. The van der Waals surface area contributed by atoms with Crippen LogP contribution in [-0.4, -0.2) is 14.2 Å². The lowest BCUT2D eigenvalue weighted by Gasteiger charge is -2.17. The van der Waals surface area contributed by atoms with Crippen LogP contribution in [-0.2, 0) is 6.42 Å². The van der Waals surface area contributed by atoms with E-state index in [2.05, 4.69) is 24.5 Å². The Morgan fingerprint density at radius 1 is 0.781 bits per heavy atom. The summed E-state index contributed by atoms with van der Waals surface area (Å²) in [5.74, 6) is 1.95. The van der Waals surface area contributed by atoms with E-state index in [9.17, 15) is 0 Å². The summed E-state index contributed by atoms with van der Waals surface area (Å²) in [6.45, 7) is 2.29. The zero-order chi connectivity index (χ0) is 22.9. The molecule has 3 nitrogen and oxygen atoms in total. The van der Waals surface area contributed by atoms with Gasteiger partial charge in [0.2, 0.25) is 0 Å². The summed E-state index contributed by atoms with van der Waals surface area (Å²) >= 11 is 0. The zero-order valence-electron chi connectivity index (χ0n) is 21.2. The molecule has 0 bridgehead atoms. The summed E-state index contributed by atoms with van der Waals surface area (Å²) in [4.78, 5) is 0. The number of unbranched alkanes of at least 4 members (excludes halogenated alkanes) is 14. The van der Waals surface area contributed by atoms with Crippen LogP contribution in [0.5, 0.6) is 11.5 Å². The standard InChI is InChI=1S/C29H49NO2/c1-4-5-6-7-8-9-10-11-12-13-14-15-16-17-18-19-24-30-26-21-20-25-27(31-2)22-23-28(32-3)29(25)26/h19,22-24,26,30H,4-18,20-21H2,1-3H3/b24-19-. The van der Waals surface area contributed by atoms with E-state index in [4.69, 9.17) is 9.47 Å². The number of fused-ring (bicyclic) bond motifs is 1. The molecule has 0 fully saturated rings. The first-order valence-corrected chi connectivity index (χ1v) is 13.5. The fraction of sp³-hybridized carbons (Fsp3) is 0.724. The number of allylic oxidation sites excluding steroid dienone is 1. The van der Waals surface area contributed by atoms with Crippen molar-refractivity contribution in [3.63, 3.8) is 0 Å². The summed E-state index contributed by atoms with van der Waals surface area (Å²) in [5.41, 5.74) is 2.57. The number of rotatable bonds is 19. The molecule has 0 saturated heterocycles. The molecule has 0 radical (unpaired) electrons. The summed E-state index contributed by atoms with van der Waals surface area (Å²) in [6.07, 6.45) is 27.6. The first-order chi connectivity index (χ1) is 15.8. The van der Waals surface area contributed by atoms with Crippen molar-refractivity contribution in [1.82, 2.24) is 5.32 Å². The molecule has 0 aliphatic heterocycles. The maximum absolute atomic E-state index is 5.60. The minimum Gasteiger partial charge on any atom is -0.496 e. The lowest BCUT2D eigenvalue weighted by molar-refractivity contribution is 0.395. The normalized spacial score (nSPS) is 15.3. The number of hydrogen-bond donors (Lipinski definition) is 1. The predicted molar refractivity (Wildman–Crippen MR) is 138 cm³/mol. The molecule has 0 aromatic heterocycles. The molecule has 1 aliphatic rings. The van der Waals surface area contributed by atoms with Gasteiger partial charge in [-0.3, -0.25) is 0 Å². The smallest absolute Gasteiger partial charge is 0.124 e. The van der Waals surface area contributed by atoms with Crippen LogP contribution in [0.15, 0.2) is 24.4 Å². The van der Waals surface area contributed by atoms with Crippen LogP contribution in [0, 0.1) is 0 Å². The van der Waals surface area contributed by atoms with Crippen LogP contribution in [0.4, 0.5) is 0 Å². The third-order valence-corrected chi connectivity index (χ3v) is 6.88. The van der Waals surface area contributed by atoms with Crippen molar-refractivity contribution in [2.75, 3.05) is 14.2 Å². The summed E-state index contributed by atoms with van der Waals surface area (Å²) in [6, 6.07) is 4.37. The predicted octanol–water partition coefficient (Wildman–Crippen LogP) is 8.67. The molecular formula is C29H49NO2. The third kappa shape index (κ3) is 9.46. The molecule has 32 heavy (non-hydrogen) atoms. The van der Waals surface area contributed by atoms with Gasteiger partial charge >= 0.3 is 0 Å². The van der Waals surface area contributed by atoms with Gasteiger partial charge in [-0.1, -0.05) is 96.5 Å². The van der Waals surface area contributed by atoms with Gasteiger partial charge in [0.05, 0.1) is 20.3 Å². The minimum absolute atomic E-state index is 0.322. The van der Waals surface area contributed by atoms with Crippen LogP contribution >= 0.6 is 0 Å². The molecule has 0 heterocycles. The largest absolute Gasteiger partial charge is 0.496 e. The van der Waals surface area contributed by atoms with E-state index in [0.717, 1.165) is 24.3 Å². The van der Waals surface area contributed by atoms with E-state index in [0.29, 0.717) is 6.04 Å². The van der Waals surface area contributed by atoms with Crippen LogP contribution in [0.3, 0.4) is 0 Å². The van der Waals surface area contributed by atoms with E-state index in [1.54, 1.807) is 14.2 Å². The Morgan fingerprint density at radius 3 is 1.88 bits per heavy atom. The SMILES string of the molecule is CCCCCCCCCCCCCCCC/C=C\NC1CCc2c(OC)ccc(OC)c21. The third-order valence-electron chi connectivity index (χ3n) is 6.88. The van der Waals surface area contributed by atoms with Crippen LogP contribution in [0.25, 0.3) is 0 Å². The number of nitrogens with one attached hydrogen (secondary N) is 1. The van der Waals surface area contributed by atoms with Gasteiger partial charge in [-0.25, -0.2) is 0 Å². The Bertz CT molecular complexity index is 640. The number of benzene rings is 1. The second-order valence-corrected chi connectivity index (χ2v) is 9.41. The van der Waals surface area contributed by atoms with Crippen molar-refractivity contribution in [1.29, 1.82) is 0 Å². The molecule has 1 aliphatic carbocycles. The molecule has 0 saturated carbocycles. The van der Waals surface area contributed by atoms with Crippen molar-refractivity contribution in [3.8, 4) is 11.5 Å². The van der Waals surface area contributed by atoms with Crippen molar-refractivity contribution in [2.24, 2.45) is 0 Å². The number of ether oxygens (including phenoxy) is 2. The fourth-order valence-corrected chi connectivity index (χ4v) is 4.96. The molecule has 2 rings (SSSR count). The first kappa shape index (κ1) is 26.6. The van der Waals surface area contributed by atoms with E-state index < -0.39 is 0 Å². The highest BCUT2D eigenvalue weighted by Crippen LogP contribution is 2.42. The Kier molecular flexibility index (Phi) is 14.1. The molecule has 3 heteroatoms. The highest BCUT2D eigenvalue weighted by atomic mass is 16.5. The molecule has 1 N–H and O–H groups in total. The molecule has 1 unspecified atom stereocenters. The molecule has 182 valence electrons. The molecule has 0 spiro atoms. The number of methoxy groups -OCH3 is 2. The molecular weight excluding hydrogens is 394 g/mol. The molecule has 1 aromatic rings. The Hall–Kier alpha value is -1.64. The van der Waals surface area contributed by atoms with E-state index in [1.807, 2.05) is 12.1 Å². The van der Waals surface area contributed by atoms with Crippen LogP contribution in [0.1, 0.15) is 127 Å². The monoisotopic (exact) mass is 443 g/mol. The van der Waals surface area contributed by atoms with Gasteiger partial charge in [0.1, 0.15) is 11.5 Å². The van der Waals surface area contributed by atoms with E-state index in [1.165, 1.54) is 107 Å². The maximum Gasteiger partial charge on any atom is 0.124 e. The Labute approximate surface area is 198 Å². The van der Waals surface area contributed by atoms with Gasteiger partial charge in [-0.05, 0) is 44.0 Å². The molecule has 1 atom stereocenters. The Balaban J connectivity index is 1.47. The maximum atomic E-state index is 5.60. The highest BCUT2D eigenvalue weighted by molar-refractivity contribution is 5.53. The quantitative estimate of drug-likeness (QED) is 0.217. The van der Waals surface area contributed by atoms with Crippen LogP contribution < -0.4 is 14.8 Å². The van der Waals surface area contributed by atoms with Gasteiger partial charge in [-0.15, -0.1) is 0 Å². The van der Waals surface area contributed by atoms with Gasteiger partial charge < -0.3 is 14.8 Å². The summed E-state index contributed by atoms with van der Waals surface area (Å²) in [5, 5.41) is 3.60. The van der Waals surface area contributed by atoms with Crippen molar-refractivity contribution >= 4 is 0 Å². The van der Waals surface area contributed by atoms with Crippen LogP contribution in [0.2, 0.25) is 0 Å². The topological polar surface area (TPSA) is 30.5 Å². The average Bonchev–Trinajstić information content (AvgIpc) is 3.24. The van der Waals surface area contributed by atoms with Gasteiger partial charge in [-0.2, -0.15) is 0 Å². The van der Waals surface area contributed by atoms with Gasteiger partial charge in [0, 0.05) is 11.1 Å². The Morgan fingerprint density at radius 2 is 1.31 bits per heavy atom. The first-order valence-electron chi connectivity index (χ1n) is 13.5. The van der Waals surface area contributed by atoms with Crippen molar-refractivity contribution in [2.45, 2.75) is 122 Å². The van der Waals surface area contributed by atoms with Crippen molar-refractivity contribution in [3.05, 3.63) is 35.5 Å². The summed E-state index contributed by atoms with van der Waals surface area (Å²) in [7, 11) is 3.50. The minimum atomic E-state index is 0.322. The van der Waals surface area contributed by atoms with E-state index >= 15 is 0 Å². The average molecular weight is 444 g/mol. The van der Waals surface area contributed by atoms with Gasteiger partial charge in [0.15, 0.2) is 0 Å². The lowest BCUT2D eigenvalue weighted by Crippen LogP contribution is -2.13.